The van der Waals surface area contributed by atoms with E-state index in [0.717, 1.165) is 36.8 Å². The van der Waals surface area contributed by atoms with E-state index < -0.39 is 41.6 Å². The number of nitriles is 1. The van der Waals surface area contributed by atoms with Gasteiger partial charge >= 0.3 is 12.1 Å². The summed E-state index contributed by atoms with van der Waals surface area (Å²) in [6.45, 7) is 10.4. The van der Waals surface area contributed by atoms with Gasteiger partial charge in [0.1, 0.15) is 46.6 Å². The average Bonchev–Trinajstić information content (AvgIpc) is 3.80. The molecule has 290 valence electrons. The molecule has 0 radical (unpaired) electrons. The van der Waals surface area contributed by atoms with Gasteiger partial charge in [-0.05, 0) is 57.9 Å². The number of rotatable bonds is 8. The summed E-state index contributed by atoms with van der Waals surface area (Å²) < 4.78 is 58.8. The summed E-state index contributed by atoms with van der Waals surface area (Å²) in [5.74, 6) is -1.67. The molecule has 3 saturated heterocycles. The molecule has 3 aliphatic heterocycles. The summed E-state index contributed by atoms with van der Waals surface area (Å²) >= 11 is 7.70. The van der Waals surface area contributed by atoms with Gasteiger partial charge in [0.25, 0.3) is 5.91 Å². The van der Waals surface area contributed by atoms with Crippen molar-refractivity contribution >= 4 is 66.7 Å². The highest BCUT2D eigenvalue weighted by molar-refractivity contribution is 7.23. The zero-order valence-electron chi connectivity index (χ0n) is 30.5. The third kappa shape index (κ3) is 7.26. The maximum Gasteiger partial charge on any atom is 0.412 e. The number of piperazine rings is 1. The van der Waals surface area contributed by atoms with E-state index in [4.69, 9.17) is 26.1 Å². The predicted molar refractivity (Wildman–Crippen MR) is 203 cm³/mol. The van der Waals surface area contributed by atoms with Crippen LogP contribution >= 0.6 is 22.9 Å². The Bertz CT molecular complexity index is 2270. The molecule has 2 aromatic heterocycles. The quantitative estimate of drug-likeness (QED) is 0.183. The number of thiophene rings is 1. The molecule has 0 spiro atoms. The molecule has 12 nitrogen and oxygen atoms in total. The molecular weight excluding hydrogens is 759 g/mol. The summed E-state index contributed by atoms with van der Waals surface area (Å²) in [4.78, 5) is 40.1. The maximum absolute atomic E-state index is 17.3. The van der Waals surface area contributed by atoms with Crippen molar-refractivity contribution < 1.29 is 37.3 Å². The monoisotopic (exact) mass is 797 g/mol. The number of hydrogen-bond acceptors (Lipinski definition) is 11. The fraction of sp³-hybridized carbons (Fsp3) is 0.447. The minimum atomic E-state index is -0.997. The molecule has 55 heavy (non-hydrogen) atoms. The van der Waals surface area contributed by atoms with Crippen molar-refractivity contribution in [1.82, 2.24) is 19.8 Å². The first-order chi connectivity index (χ1) is 26.1. The smallest absolute Gasteiger partial charge is 0.412 e. The number of nitrogens with one attached hydrogen (secondary N) is 1. The summed E-state index contributed by atoms with van der Waals surface area (Å²) in [5, 5.41) is 22.4. The molecule has 0 unspecified atom stereocenters. The van der Waals surface area contributed by atoms with Gasteiger partial charge in [-0.3, -0.25) is 15.0 Å². The van der Waals surface area contributed by atoms with E-state index in [2.05, 4.69) is 21.8 Å². The number of carbonyl (C=O) groups is 2. The number of aliphatic hydroxyl groups excluding tert-OH is 1. The Morgan fingerprint density at radius 1 is 1.20 bits per heavy atom. The molecule has 0 bridgehead atoms. The van der Waals surface area contributed by atoms with Crippen LogP contribution in [0, 0.1) is 23.0 Å². The highest BCUT2D eigenvalue weighted by atomic mass is 35.5. The Morgan fingerprint density at radius 3 is 2.64 bits per heavy atom. The number of benzene rings is 2. The lowest BCUT2D eigenvalue weighted by Crippen LogP contribution is -2.49. The van der Waals surface area contributed by atoms with Gasteiger partial charge in [0.15, 0.2) is 5.82 Å². The largest absolute Gasteiger partial charge is 0.461 e. The van der Waals surface area contributed by atoms with Crippen LogP contribution < -0.4 is 15.0 Å². The number of fused-ring (bicyclic) bond motifs is 3. The minimum absolute atomic E-state index is 0.0116. The van der Waals surface area contributed by atoms with Gasteiger partial charge in [-0.1, -0.05) is 24.2 Å². The third-order valence-corrected chi connectivity index (χ3v) is 11.6. The Balaban J connectivity index is 1.33. The second-order valence-corrected chi connectivity index (χ2v) is 16.5. The van der Waals surface area contributed by atoms with Crippen molar-refractivity contribution in [3.63, 3.8) is 0 Å². The van der Waals surface area contributed by atoms with E-state index in [9.17, 15) is 24.3 Å². The van der Waals surface area contributed by atoms with Gasteiger partial charge < -0.3 is 24.4 Å². The highest BCUT2D eigenvalue weighted by Crippen LogP contribution is 2.47. The standard InChI is InChI=1S/C38H39ClF3N7O5S/c1-20(18-50)34(51)48-12-10-47(11-13-48)32-23-14-25(39)28(29(42)30(23)44-35(45-32)53-19-38-8-5-9-49(38)17-21(40)15-38)22-6-7-26(41)31-27(22)24(16-43)33(55-31)46-36(52)54-37(2,3)4/h6-7,14,21,50H,1,5,8-13,15,17-19H2,2-4H3,(H,46,52)/t21-,38+/m1/s1. The van der Waals surface area contributed by atoms with Crippen LogP contribution in [0.25, 0.3) is 32.1 Å². The number of anilines is 2. The average molecular weight is 798 g/mol. The summed E-state index contributed by atoms with van der Waals surface area (Å²) in [7, 11) is 0. The zero-order valence-corrected chi connectivity index (χ0v) is 32.1. The molecule has 0 saturated carbocycles. The number of alkyl halides is 1. The van der Waals surface area contributed by atoms with E-state index in [1.54, 1.807) is 25.7 Å². The Labute approximate surface area is 324 Å². The molecule has 2 aromatic carbocycles. The van der Waals surface area contributed by atoms with Crippen molar-refractivity contribution in [2.24, 2.45) is 0 Å². The number of carbonyl (C=O) groups excluding carboxylic acids is 2. The maximum atomic E-state index is 17.3. The molecule has 5 heterocycles. The fourth-order valence-corrected chi connectivity index (χ4v) is 9.11. The molecule has 3 fully saturated rings. The topological polar surface area (TPSA) is 144 Å². The molecular formula is C38H39ClF3N7O5S. The Kier molecular flexibility index (Phi) is 10.4. The molecule has 2 N–H and O–H groups in total. The second kappa shape index (κ2) is 14.8. The first-order valence-corrected chi connectivity index (χ1v) is 19.0. The number of hydrogen-bond donors (Lipinski definition) is 2. The minimum Gasteiger partial charge on any atom is -0.461 e. The van der Waals surface area contributed by atoms with Gasteiger partial charge in [0, 0.05) is 61.1 Å². The van der Waals surface area contributed by atoms with Crippen LogP contribution in [0.4, 0.5) is 28.8 Å². The number of nitrogens with zero attached hydrogens (tertiary/aromatic N) is 6. The van der Waals surface area contributed by atoms with Gasteiger partial charge in [0.05, 0.1) is 27.4 Å². The van der Waals surface area contributed by atoms with E-state index in [1.807, 2.05) is 11.0 Å². The number of aliphatic hydroxyl groups is 1. The number of halogens is 4. The van der Waals surface area contributed by atoms with Crippen LogP contribution in [0.1, 0.15) is 45.6 Å². The lowest BCUT2D eigenvalue weighted by molar-refractivity contribution is -0.127. The highest BCUT2D eigenvalue weighted by Gasteiger charge is 2.49. The molecule has 2 amide bonds. The number of amides is 2. The summed E-state index contributed by atoms with van der Waals surface area (Å²) in [5.41, 5.74) is -1.68. The number of ether oxygens (including phenoxy) is 2. The fourth-order valence-electron chi connectivity index (χ4n) is 7.74. The molecule has 2 atom stereocenters. The summed E-state index contributed by atoms with van der Waals surface area (Å²) in [6, 6.07) is 5.82. The van der Waals surface area contributed by atoms with Crippen molar-refractivity contribution in [3.05, 3.63) is 52.6 Å². The molecule has 3 aliphatic rings. The lowest BCUT2D eigenvalue weighted by atomic mass is 9.95. The summed E-state index contributed by atoms with van der Waals surface area (Å²) in [6.07, 6.45) is 0.0560. The van der Waals surface area contributed by atoms with Crippen molar-refractivity contribution in [2.75, 3.05) is 62.7 Å². The lowest BCUT2D eigenvalue weighted by Gasteiger charge is -2.36. The van der Waals surface area contributed by atoms with Crippen LogP contribution in [-0.4, -0.2) is 107 Å². The van der Waals surface area contributed by atoms with Crippen LogP contribution in [0.2, 0.25) is 5.02 Å². The van der Waals surface area contributed by atoms with Crippen LogP contribution in [0.15, 0.2) is 30.4 Å². The van der Waals surface area contributed by atoms with E-state index >= 15 is 8.78 Å². The molecule has 0 aliphatic carbocycles. The van der Waals surface area contributed by atoms with Crippen LogP contribution in [0.5, 0.6) is 6.01 Å². The van der Waals surface area contributed by atoms with Gasteiger partial charge in [-0.2, -0.15) is 15.2 Å². The Hall–Kier alpha value is -4.69. The van der Waals surface area contributed by atoms with Gasteiger partial charge in [0.2, 0.25) is 0 Å². The van der Waals surface area contributed by atoms with Gasteiger partial charge in [-0.25, -0.2) is 18.0 Å². The molecule has 17 heteroatoms. The van der Waals surface area contributed by atoms with Gasteiger partial charge in [-0.15, -0.1) is 11.3 Å². The van der Waals surface area contributed by atoms with Crippen molar-refractivity contribution in [3.8, 4) is 23.2 Å². The zero-order chi connectivity index (χ0) is 39.4. The SMILES string of the molecule is C=C(CO)C(=O)N1CCN(c2nc(OC[C@@]34CCCN3C[C@H](F)C4)nc3c(F)c(-c4ccc(F)c5sc(NC(=O)OC(C)(C)C)c(C#N)c45)c(Cl)cc23)CC1. The third-order valence-electron chi connectivity index (χ3n) is 10.2. The first-order valence-electron chi connectivity index (χ1n) is 17.8. The second-order valence-electron chi connectivity index (χ2n) is 15.0. The Morgan fingerprint density at radius 2 is 1.95 bits per heavy atom. The number of aromatic nitrogens is 2. The normalized spacial score (nSPS) is 20.2. The van der Waals surface area contributed by atoms with Crippen LogP contribution in [-0.2, 0) is 9.53 Å². The first kappa shape index (κ1) is 38.6. The van der Waals surface area contributed by atoms with Crippen molar-refractivity contribution in [1.29, 1.82) is 5.26 Å². The van der Waals surface area contributed by atoms with E-state index in [-0.39, 0.29) is 104 Å². The van der Waals surface area contributed by atoms with E-state index in [0.29, 0.717) is 13.0 Å². The van der Waals surface area contributed by atoms with Crippen LogP contribution in [0.3, 0.4) is 0 Å². The van der Waals surface area contributed by atoms with Crippen molar-refractivity contribution in [2.45, 2.75) is 57.3 Å². The van der Waals surface area contributed by atoms with E-state index in [1.165, 1.54) is 12.1 Å². The molecule has 4 aromatic rings. The molecule has 7 rings (SSSR count). The predicted octanol–water partition coefficient (Wildman–Crippen LogP) is 6.81.